The van der Waals surface area contributed by atoms with Crippen LogP contribution in [0.15, 0.2) is 0 Å². The number of piperidine rings is 1. The zero-order valence-electron chi connectivity index (χ0n) is 13.9. The smallest absolute Gasteiger partial charge is 0.411 e. The fourth-order valence-electron chi connectivity index (χ4n) is 3.42. The van der Waals surface area contributed by atoms with Crippen molar-refractivity contribution in [2.24, 2.45) is 5.92 Å². The highest BCUT2D eigenvalue weighted by molar-refractivity contribution is 5.80. The van der Waals surface area contributed by atoms with Crippen molar-refractivity contribution in [1.82, 2.24) is 9.80 Å². The number of hydrogen-bond donors (Lipinski definition) is 1. The van der Waals surface area contributed by atoms with Crippen molar-refractivity contribution < 1.29 is 19.4 Å². The standard InChI is InChI=1S/C16H28N2O4/c1-16(2,3)22-15(21)18-10-6-7-12(13(18)14(19)20)11-17-8-4-5-9-17/h12-13H,4-11H2,1-3H3,(H,19,20)/t12-,13-/m1/s1. The van der Waals surface area contributed by atoms with Gasteiger partial charge in [-0.05, 0) is 59.5 Å². The molecule has 0 radical (unpaired) electrons. The van der Waals surface area contributed by atoms with Gasteiger partial charge in [0.05, 0.1) is 0 Å². The molecule has 2 fully saturated rings. The van der Waals surface area contributed by atoms with E-state index >= 15 is 0 Å². The molecule has 0 bridgehead atoms. The fraction of sp³-hybridized carbons (Fsp3) is 0.875. The van der Waals surface area contributed by atoms with Crippen LogP contribution in [-0.2, 0) is 9.53 Å². The van der Waals surface area contributed by atoms with Crippen LogP contribution in [0.3, 0.4) is 0 Å². The van der Waals surface area contributed by atoms with Gasteiger partial charge in [-0.2, -0.15) is 0 Å². The predicted molar refractivity (Wildman–Crippen MR) is 82.8 cm³/mol. The van der Waals surface area contributed by atoms with Gasteiger partial charge in [-0.15, -0.1) is 0 Å². The van der Waals surface area contributed by atoms with E-state index in [4.69, 9.17) is 4.74 Å². The average Bonchev–Trinajstić information content (AvgIpc) is 2.89. The molecule has 2 atom stereocenters. The Kier molecular flexibility index (Phi) is 5.32. The second kappa shape index (κ2) is 6.86. The van der Waals surface area contributed by atoms with E-state index in [-0.39, 0.29) is 5.92 Å². The first-order valence-electron chi connectivity index (χ1n) is 8.23. The lowest BCUT2D eigenvalue weighted by molar-refractivity contribution is -0.147. The molecule has 2 aliphatic rings. The molecule has 0 aromatic carbocycles. The summed E-state index contributed by atoms with van der Waals surface area (Å²) in [4.78, 5) is 27.8. The molecule has 2 saturated heterocycles. The third kappa shape index (κ3) is 4.35. The molecule has 0 spiro atoms. The number of ether oxygens (including phenoxy) is 1. The summed E-state index contributed by atoms with van der Waals surface area (Å²) in [6.07, 6.45) is 3.54. The number of carbonyl (C=O) groups is 2. The van der Waals surface area contributed by atoms with E-state index < -0.39 is 23.7 Å². The maximum atomic E-state index is 12.3. The number of nitrogens with zero attached hydrogens (tertiary/aromatic N) is 2. The summed E-state index contributed by atoms with van der Waals surface area (Å²) < 4.78 is 5.39. The van der Waals surface area contributed by atoms with Crippen LogP contribution in [-0.4, -0.2) is 64.8 Å². The molecule has 22 heavy (non-hydrogen) atoms. The Morgan fingerprint density at radius 1 is 1.14 bits per heavy atom. The monoisotopic (exact) mass is 312 g/mol. The lowest BCUT2D eigenvalue weighted by Crippen LogP contribution is -2.55. The highest BCUT2D eigenvalue weighted by atomic mass is 16.6. The Hall–Kier alpha value is -1.30. The molecular formula is C16H28N2O4. The molecular weight excluding hydrogens is 284 g/mol. The van der Waals surface area contributed by atoms with Gasteiger partial charge in [-0.3, -0.25) is 4.90 Å². The van der Waals surface area contributed by atoms with Crippen LogP contribution >= 0.6 is 0 Å². The van der Waals surface area contributed by atoms with Crippen molar-refractivity contribution in [1.29, 1.82) is 0 Å². The average molecular weight is 312 g/mol. The van der Waals surface area contributed by atoms with Gasteiger partial charge in [0.15, 0.2) is 0 Å². The maximum Gasteiger partial charge on any atom is 0.411 e. The van der Waals surface area contributed by atoms with Crippen molar-refractivity contribution in [2.75, 3.05) is 26.2 Å². The summed E-state index contributed by atoms with van der Waals surface area (Å²) in [6.45, 7) is 8.69. The van der Waals surface area contributed by atoms with Crippen LogP contribution in [0.2, 0.25) is 0 Å². The minimum Gasteiger partial charge on any atom is -0.480 e. The summed E-state index contributed by atoms with van der Waals surface area (Å²) in [6, 6.07) is -0.774. The molecule has 2 aliphatic heterocycles. The summed E-state index contributed by atoms with van der Waals surface area (Å²) in [5.41, 5.74) is -0.609. The SMILES string of the molecule is CC(C)(C)OC(=O)N1CCC[C@H](CN2CCCC2)[C@@H]1C(=O)O. The Bertz CT molecular complexity index is 413. The fourth-order valence-corrected chi connectivity index (χ4v) is 3.42. The largest absolute Gasteiger partial charge is 0.480 e. The quantitative estimate of drug-likeness (QED) is 0.865. The molecule has 1 amide bonds. The van der Waals surface area contributed by atoms with Crippen LogP contribution < -0.4 is 0 Å². The minimum atomic E-state index is -0.922. The molecule has 0 aromatic rings. The maximum absolute atomic E-state index is 12.3. The van der Waals surface area contributed by atoms with Crippen molar-refractivity contribution in [3.8, 4) is 0 Å². The molecule has 2 heterocycles. The first-order valence-corrected chi connectivity index (χ1v) is 8.23. The highest BCUT2D eigenvalue weighted by Gasteiger charge is 2.41. The number of likely N-dealkylation sites (tertiary alicyclic amines) is 2. The Balaban J connectivity index is 2.07. The normalized spacial score (nSPS) is 27.0. The van der Waals surface area contributed by atoms with E-state index in [0.717, 1.165) is 32.5 Å². The van der Waals surface area contributed by atoms with Gasteiger partial charge in [0, 0.05) is 19.0 Å². The summed E-state index contributed by atoms with van der Waals surface area (Å²) in [5, 5.41) is 9.63. The van der Waals surface area contributed by atoms with Gasteiger partial charge in [0.2, 0.25) is 0 Å². The van der Waals surface area contributed by atoms with E-state index in [2.05, 4.69) is 4.90 Å². The second-order valence-electron chi connectivity index (χ2n) is 7.37. The van der Waals surface area contributed by atoms with E-state index in [9.17, 15) is 14.7 Å². The van der Waals surface area contributed by atoms with Crippen LogP contribution in [0.5, 0.6) is 0 Å². The first-order chi connectivity index (χ1) is 10.3. The van der Waals surface area contributed by atoms with E-state index in [1.807, 2.05) is 0 Å². The van der Waals surface area contributed by atoms with Gasteiger partial charge < -0.3 is 14.7 Å². The summed E-state index contributed by atoms with van der Waals surface area (Å²) in [7, 11) is 0. The molecule has 0 aromatic heterocycles. The Morgan fingerprint density at radius 3 is 2.32 bits per heavy atom. The Morgan fingerprint density at radius 2 is 1.77 bits per heavy atom. The first kappa shape index (κ1) is 17.1. The van der Waals surface area contributed by atoms with Gasteiger partial charge in [0.25, 0.3) is 0 Å². The Labute approximate surface area is 132 Å². The zero-order valence-corrected chi connectivity index (χ0v) is 13.9. The second-order valence-corrected chi connectivity index (χ2v) is 7.37. The highest BCUT2D eigenvalue weighted by Crippen LogP contribution is 2.27. The van der Waals surface area contributed by atoms with Gasteiger partial charge in [-0.1, -0.05) is 0 Å². The summed E-state index contributed by atoms with van der Waals surface area (Å²) in [5.74, 6) is -0.938. The number of rotatable bonds is 3. The van der Waals surface area contributed by atoms with Crippen LogP contribution in [0, 0.1) is 5.92 Å². The van der Waals surface area contributed by atoms with Crippen molar-refractivity contribution >= 4 is 12.1 Å². The van der Waals surface area contributed by atoms with Gasteiger partial charge in [0.1, 0.15) is 11.6 Å². The lowest BCUT2D eigenvalue weighted by Gasteiger charge is -2.40. The molecule has 0 aliphatic carbocycles. The van der Waals surface area contributed by atoms with Crippen LogP contribution in [0.25, 0.3) is 0 Å². The molecule has 1 N–H and O–H groups in total. The third-order valence-corrected chi connectivity index (χ3v) is 4.33. The molecule has 6 heteroatoms. The van der Waals surface area contributed by atoms with Crippen molar-refractivity contribution in [3.63, 3.8) is 0 Å². The number of carbonyl (C=O) groups excluding carboxylic acids is 1. The van der Waals surface area contributed by atoms with Gasteiger partial charge in [-0.25, -0.2) is 9.59 Å². The van der Waals surface area contributed by atoms with Crippen LogP contribution in [0.4, 0.5) is 4.79 Å². The van der Waals surface area contributed by atoms with Crippen molar-refractivity contribution in [3.05, 3.63) is 0 Å². The predicted octanol–water partition coefficient (Wildman–Crippen LogP) is 2.18. The number of carboxylic acids is 1. The van der Waals surface area contributed by atoms with E-state index in [1.165, 1.54) is 17.7 Å². The molecule has 0 unspecified atom stereocenters. The number of hydrogen-bond acceptors (Lipinski definition) is 4. The van der Waals surface area contributed by atoms with E-state index in [1.54, 1.807) is 20.8 Å². The minimum absolute atomic E-state index is 0.0168. The summed E-state index contributed by atoms with van der Waals surface area (Å²) >= 11 is 0. The number of aliphatic carboxylic acids is 1. The molecule has 6 nitrogen and oxygen atoms in total. The van der Waals surface area contributed by atoms with Crippen molar-refractivity contribution in [2.45, 2.75) is 58.1 Å². The molecule has 126 valence electrons. The van der Waals surface area contributed by atoms with E-state index in [0.29, 0.717) is 6.54 Å². The van der Waals surface area contributed by atoms with Crippen LogP contribution in [0.1, 0.15) is 46.5 Å². The third-order valence-electron chi connectivity index (χ3n) is 4.33. The lowest BCUT2D eigenvalue weighted by atomic mass is 9.88. The number of carboxylic acid groups (broad SMARTS) is 1. The molecule has 0 saturated carbocycles. The number of amides is 1. The zero-order chi connectivity index (χ0) is 16.3. The molecule has 2 rings (SSSR count). The van der Waals surface area contributed by atoms with Gasteiger partial charge >= 0.3 is 12.1 Å². The topological polar surface area (TPSA) is 70.1 Å².